The summed E-state index contributed by atoms with van der Waals surface area (Å²) < 4.78 is 25.8. The van der Waals surface area contributed by atoms with Gasteiger partial charge < -0.3 is 4.52 Å². The third-order valence-corrected chi connectivity index (χ3v) is 2.95. The molecule has 0 unspecified atom stereocenters. The van der Waals surface area contributed by atoms with Gasteiger partial charge in [-0.2, -0.15) is 0 Å². The van der Waals surface area contributed by atoms with E-state index in [2.05, 4.69) is 9.05 Å². The van der Waals surface area contributed by atoms with Crippen molar-refractivity contribution in [3.63, 3.8) is 0 Å². The normalized spacial score (nSPS) is 16.9. The molecule has 13 heavy (non-hydrogen) atoms. The van der Waals surface area contributed by atoms with Gasteiger partial charge in [0.2, 0.25) is 0 Å². The lowest BCUT2D eigenvalue weighted by molar-refractivity contribution is 0.186. The molecule has 4 nitrogen and oxygen atoms in total. The Morgan fingerprint density at radius 2 is 2.00 bits per heavy atom. The van der Waals surface area contributed by atoms with Gasteiger partial charge in [0.1, 0.15) is 5.76 Å². The monoisotopic (exact) mass is 204 g/mol. The molecule has 0 atom stereocenters. The van der Waals surface area contributed by atoms with Gasteiger partial charge in [-0.3, -0.25) is 9.05 Å². The highest BCUT2D eigenvalue weighted by Crippen LogP contribution is 2.50. The largest absolute Gasteiger partial charge is 0.529 e. The SMILES string of the molecule is COP(=O)(OC)OC1=CCCC=C1. The van der Waals surface area contributed by atoms with E-state index in [9.17, 15) is 4.57 Å². The molecule has 0 saturated heterocycles. The molecule has 0 amide bonds. The highest BCUT2D eigenvalue weighted by atomic mass is 31.2. The molecule has 0 aromatic carbocycles. The summed E-state index contributed by atoms with van der Waals surface area (Å²) in [4.78, 5) is 0. The van der Waals surface area contributed by atoms with Crippen LogP contribution in [-0.4, -0.2) is 14.2 Å². The molecular formula is C8H13O4P. The quantitative estimate of drug-likeness (QED) is 0.660. The predicted molar refractivity (Wildman–Crippen MR) is 49.2 cm³/mol. The van der Waals surface area contributed by atoms with E-state index in [4.69, 9.17) is 4.52 Å². The van der Waals surface area contributed by atoms with Crippen LogP contribution >= 0.6 is 7.82 Å². The smallest absolute Gasteiger partial charge is 0.404 e. The number of allylic oxidation sites excluding steroid dienone is 3. The van der Waals surface area contributed by atoms with Gasteiger partial charge in [0.05, 0.1) is 0 Å². The number of hydrogen-bond acceptors (Lipinski definition) is 4. The predicted octanol–water partition coefficient (Wildman–Crippen LogP) is 2.64. The van der Waals surface area contributed by atoms with Crippen LogP contribution < -0.4 is 0 Å². The Kier molecular flexibility index (Phi) is 3.72. The molecule has 0 radical (unpaired) electrons. The van der Waals surface area contributed by atoms with Crippen molar-refractivity contribution in [1.29, 1.82) is 0 Å². The summed E-state index contributed by atoms with van der Waals surface area (Å²) in [6.07, 6.45) is 7.43. The lowest BCUT2D eigenvalue weighted by atomic mass is 10.2. The van der Waals surface area contributed by atoms with Crippen molar-refractivity contribution in [2.45, 2.75) is 12.8 Å². The number of hydrogen-bond donors (Lipinski definition) is 0. The molecule has 0 aliphatic heterocycles. The van der Waals surface area contributed by atoms with Gasteiger partial charge in [0.25, 0.3) is 0 Å². The molecule has 0 N–H and O–H groups in total. The Balaban J connectivity index is 2.61. The summed E-state index contributed by atoms with van der Waals surface area (Å²) in [5.41, 5.74) is 0. The second-order valence-electron chi connectivity index (χ2n) is 2.49. The number of rotatable bonds is 4. The third kappa shape index (κ3) is 2.99. The summed E-state index contributed by atoms with van der Waals surface area (Å²) in [5.74, 6) is 0.540. The fraction of sp³-hybridized carbons (Fsp3) is 0.500. The summed E-state index contributed by atoms with van der Waals surface area (Å²) >= 11 is 0. The topological polar surface area (TPSA) is 44.8 Å². The van der Waals surface area contributed by atoms with Crippen LogP contribution in [0.25, 0.3) is 0 Å². The van der Waals surface area contributed by atoms with Crippen LogP contribution in [-0.2, 0) is 18.1 Å². The van der Waals surface area contributed by atoms with E-state index in [0.29, 0.717) is 5.76 Å². The first kappa shape index (κ1) is 10.5. The van der Waals surface area contributed by atoms with E-state index in [1.165, 1.54) is 14.2 Å². The standard InChI is InChI=1S/C8H13O4P/c1-10-13(9,11-2)12-8-6-4-3-5-7-8/h4,6-7H,3,5H2,1-2H3. The zero-order valence-corrected chi connectivity index (χ0v) is 8.62. The molecule has 74 valence electrons. The van der Waals surface area contributed by atoms with Crippen molar-refractivity contribution in [2.75, 3.05) is 14.2 Å². The molecule has 1 aliphatic rings. The van der Waals surface area contributed by atoms with Gasteiger partial charge in [0, 0.05) is 14.2 Å². The van der Waals surface area contributed by atoms with Crippen molar-refractivity contribution in [2.24, 2.45) is 0 Å². The molecule has 0 fully saturated rings. The Bertz CT molecular complexity index is 261. The Morgan fingerprint density at radius 3 is 2.46 bits per heavy atom. The average Bonchev–Trinajstić information content (AvgIpc) is 2.19. The zero-order chi connectivity index (χ0) is 9.73. The van der Waals surface area contributed by atoms with E-state index in [1.54, 1.807) is 6.08 Å². The fourth-order valence-corrected chi connectivity index (χ4v) is 1.63. The maximum atomic E-state index is 11.5. The minimum atomic E-state index is -3.37. The van der Waals surface area contributed by atoms with Crippen LogP contribution in [0.2, 0.25) is 0 Å². The second kappa shape index (κ2) is 4.61. The molecule has 0 spiro atoms. The van der Waals surface area contributed by atoms with Gasteiger partial charge in [-0.25, -0.2) is 4.57 Å². The van der Waals surface area contributed by atoms with Crippen molar-refractivity contribution in [3.05, 3.63) is 24.0 Å². The van der Waals surface area contributed by atoms with E-state index in [1.807, 2.05) is 12.2 Å². The first-order chi connectivity index (χ1) is 6.20. The van der Waals surface area contributed by atoms with Crippen molar-refractivity contribution < 1.29 is 18.1 Å². The van der Waals surface area contributed by atoms with Crippen molar-refractivity contribution >= 4 is 7.82 Å². The zero-order valence-electron chi connectivity index (χ0n) is 7.73. The highest BCUT2D eigenvalue weighted by Gasteiger charge is 2.25. The third-order valence-electron chi connectivity index (χ3n) is 1.63. The number of phosphoric ester groups is 1. The van der Waals surface area contributed by atoms with E-state index >= 15 is 0 Å². The molecule has 0 heterocycles. The molecule has 1 rings (SSSR count). The van der Waals surface area contributed by atoms with Crippen molar-refractivity contribution in [3.8, 4) is 0 Å². The minimum Gasteiger partial charge on any atom is -0.404 e. The lowest BCUT2D eigenvalue weighted by Gasteiger charge is -2.15. The molecule has 0 aromatic rings. The summed E-state index contributed by atoms with van der Waals surface area (Å²) in [6, 6.07) is 0. The van der Waals surface area contributed by atoms with Crippen LogP contribution in [0.1, 0.15) is 12.8 Å². The molecular weight excluding hydrogens is 191 g/mol. The molecule has 5 heteroatoms. The van der Waals surface area contributed by atoms with Crippen molar-refractivity contribution in [1.82, 2.24) is 0 Å². The molecule has 0 saturated carbocycles. The first-order valence-electron chi connectivity index (χ1n) is 3.98. The van der Waals surface area contributed by atoms with Crippen LogP contribution in [0.15, 0.2) is 24.0 Å². The van der Waals surface area contributed by atoms with Crippen LogP contribution in [0.3, 0.4) is 0 Å². The Morgan fingerprint density at radius 1 is 1.31 bits per heavy atom. The average molecular weight is 204 g/mol. The Hall–Kier alpha value is -0.570. The van der Waals surface area contributed by atoms with Crippen LogP contribution in [0.4, 0.5) is 0 Å². The number of phosphoric acid groups is 1. The van der Waals surface area contributed by atoms with Gasteiger partial charge in [-0.05, 0) is 25.0 Å². The molecule has 0 aromatic heterocycles. The van der Waals surface area contributed by atoms with Gasteiger partial charge >= 0.3 is 7.82 Å². The lowest BCUT2D eigenvalue weighted by Crippen LogP contribution is -1.95. The molecule has 1 aliphatic carbocycles. The highest BCUT2D eigenvalue weighted by molar-refractivity contribution is 7.48. The first-order valence-corrected chi connectivity index (χ1v) is 5.44. The fourth-order valence-electron chi connectivity index (χ4n) is 0.935. The molecule has 0 bridgehead atoms. The van der Waals surface area contributed by atoms with E-state index in [-0.39, 0.29) is 0 Å². The minimum absolute atomic E-state index is 0.540. The van der Waals surface area contributed by atoms with E-state index < -0.39 is 7.82 Å². The maximum absolute atomic E-state index is 11.5. The summed E-state index contributed by atoms with van der Waals surface area (Å²) in [5, 5.41) is 0. The van der Waals surface area contributed by atoms with Gasteiger partial charge in [-0.1, -0.05) is 6.08 Å². The van der Waals surface area contributed by atoms with Gasteiger partial charge in [-0.15, -0.1) is 0 Å². The summed E-state index contributed by atoms with van der Waals surface area (Å²) in [6.45, 7) is 0. The van der Waals surface area contributed by atoms with Gasteiger partial charge in [0.15, 0.2) is 0 Å². The van der Waals surface area contributed by atoms with Crippen LogP contribution in [0.5, 0.6) is 0 Å². The van der Waals surface area contributed by atoms with Crippen LogP contribution in [0, 0.1) is 0 Å². The maximum Gasteiger partial charge on any atom is 0.529 e. The van der Waals surface area contributed by atoms with E-state index in [0.717, 1.165) is 12.8 Å². The summed E-state index contributed by atoms with van der Waals surface area (Å²) in [7, 11) is -0.791. The second-order valence-corrected chi connectivity index (χ2v) is 4.30. The Labute approximate surface area is 77.8 Å².